The lowest BCUT2D eigenvalue weighted by Gasteiger charge is -2.15. The Morgan fingerprint density at radius 1 is 1.14 bits per heavy atom. The highest BCUT2D eigenvalue weighted by Gasteiger charge is 2.31. The molecule has 0 bridgehead atoms. The van der Waals surface area contributed by atoms with Gasteiger partial charge in [-0.3, -0.25) is 4.79 Å². The van der Waals surface area contributed by atoms with Gasteiger partial charge in [0.1, 0.15) is 0 Å². The van der Waals surface area contributed by atoms with Gasteiger partial charge in [-0.25, -0.2) is 4.68 Å². The third kappa shape index (κ3) is 4.43. The molecule has 0 fully saturated rings. The molecule has 0 spiro atoms. The summed E-state index contributed by atoms with van der Waals surface area (Å²) < 4.78 is 51.1. The Hall–Kier alpha value is -3.49. The molecule has 1 amide bonds. The lowest BCUT2D eigenvalue weighted by atomic mass is 10.1. The smallest absolute Gasteiger partial charge is 0.416 e. The summed E-state index contributed by atoms with van der Waals surface area (Å²) >= 11 is 0. The standard InChI is InChI=1S/C19H16F3N3O3/c1-27-16-5-2-3-6-17(16)28-12-18(26)24-14-11-13(19(20,21)22)7-8-15(14)25-10-4-9-23-25/h2-11H,12H2,1H3,(H,24,26). The number of halogens is 3. The van der Waals surface area contributed by atoms with Gasteiger partial charge in [-0.1, -0.05) is 12.1 Å². The van der Waals surface area contributed by atoms with Crippen LogP contribution in [0.25, 0.3) is 5.69 Å². The van der Waals surface area contributed by atoms with Gasteiger partial charge in [-0.2, -0.15) is 18.3 Å². The van der Waals surface area contributed by atoms with Gasteiger partial charge in [0.25, 0.3) is 5.91 Å². The predicted molar refractivity (Wildman–Crippen MR) is 95.7 cm³/mol. The first-order valence-electron chi connectivity index (χ1n) is 8.15. The number of carbonyl (C=O) groups excluding carboxylic acids is 1. The van der Waals surface area contributed by atoms with Gasteiger partial charge in [0.05, 0.1) is 24.0 Å². The SMILES string of the molecule is COc1ccccc1OCC(=O)Nc1cc(C(F)(F)F)ccc1-n1cccn1. The second-order valence-corrected chi connectivity index (χ2v) is 5.67. The summed E-state index contributed by atoms with van der Waals surface area (Å²) in [4.78, 5) is 12.3. The molecular weight excluding hydrogens is 375 g/mol. The van der Waals surface area contributed by atoms with Crippen LogP contribution in [0.5, 0.6) is 11.5 Å². The number of hydrogen-bond acceptors (Lipinski definition) is 4. The molecule has 0 aliphatic rings. The zero-order chi connectivity index (χ0) is 20.1. The highest BCUT2D eigenvalue weighted by Crippen LogP contribution is 2.33. The summed E-state index contributed by atoms with van der Waals surface area (Å²) in [6, 6.07) is 11.4. The fourth-order valence-electron chi connectivity index (χ4n) is 2.49. The number of alkyl halides is 3. The molecular formula is C19H16F3N3O3. The minimum Gasteiger partial charge on any atom is -0.493 e. The van der Waals surface area contributed by atoms with Gasteiger partial charge in [-0.15, -0.1) is 0 Å². The molecule has 28 heavy (non-hydrogen) atoms. The maximum Gasteiger partial charge on any atom is 0.416 e. The number of para-hydroxylation sites is 2. The maximum atomic E-state index is 13.1. The van der Waals surface area contributed by atoms with Crippen molar-refractivity contribution < 1.29 is 27.4 Å². The molecule has 9 heteroatoms. The van der Waals surface area contributed by atoms with E-state index < -0.39 is 24.3 Å². The van der Waals surface area contributed by atoms with Gasteiger partial charge >= 0.3 is 6.18 Å². The van der Waals surface area contributed by atoms with Crippen molar-refractivity contribution in [1.29, 1.82) is 0 Å². The van der Waals surface area contributed by atoms with E-state index >= 15 is 0 Å². The second-order valence-electron chi connectivity index (χ2n) is 5.67. The number of anilines is 1. The molecule has 0 unspecified atom stereocenters. The number of methoxy groups -OCH3 is 1. The summed E-state index contributed by atoms with van der Waals surface area (Å²) in [5, 5.41) is 6.45. The van der Waals surface area contributed by atoms with E-state index in [9.17, 15) is 18.0 Å². The lowest BCUT2D eigenvalue weighted by molar-refractivity contribution is -0.137. The Morgan fingerprint density at radius 2 is 1.89 bits per heavy atom. The zero-order valence-corrected chi connectivity index (χ0v) is 14.7. The highest BCUT2D eigenvalue weighted by atomic mass is 19.4. The van der Waals surface area contributed by atoms with E-state index in [1.54, 1.807) is 36.5 Å². The number of nitrogens with one attached hydrogen (secondary N) is 1. The summed E-state index contributed by atoms with van der Waals surface area (Å²) in [5.41, 5.74) is -0.625. The molecule has 1 aromatic heterocycles. The summed E-state index contributed by atoms with van der Waals surface area (Å²) in [6.07, 6.45) is -1.51. The molecule has 1 heterocycles. The summed E-state index contributed by atoms with van der Waals surface area (Å²) in [7, 11) is 1.46. The monoisotopic (exact) mass is 391 g/mol. The van der Waals surface area contributed by atoms with Crippen molar-refractivity contribution in [2.75, 3.05) is 19.0 Å². The quantitative estimate of drug-likeness (QED) is 0.692. The molecule has 0 atom stereocenters. The van der Waals surface area contributed by atoms with Crippen LogP contribution in [0, 0.1) is 0 Å². The molecule has 0 saturated carbocycles. The van der Waals surface area contributed by atoms with E-state index in [4.69, 9.17) is 9.47 Å². The van der Waals surface area contributed by atoms with Crippen LogP contribution in [0.15, 0.2) is 60.9 Å². The number of rotatable bonds is 6. The Bertz CT molecular complexity index is 957. The van der Waals surface area contributed by atoms with E-state index in [2.05, 4.69) is 10.4 Å². The van der Waals surface area contributed by atoms with Crippen molar-refractivity contribution in [1.82, 2.24) is 9.78 Å². The minimum absolute atomic E-state index is 0.0350. The third-order valence-corrected chi connectivity index (χ3v) is 3.78. The van der Waals surface area contributed by atoms with Gasteiger partial charge in [0, 0.05) is 12.4 Å². The molecule has 0 aliphatic heterocycles. The second kappa shape index (κ2) is 8.03. The number of nitrogens with zero attached hydrogens (tertiary/aromatic N) is 2. The van der Waals surface area contributed by atoms with Crippen molar-refractivity contribution in [3.63, 3.8) is 0 Å². The number of aromatic nitrogens is 2. The van der Waals surface area contributed by atoms with E-state index in [0.717, 1.165) is 12.1 Å². The zero-order valence-electron chi connectivity index (χ0n) is 14.7. The topological polar surface area (TPSA) is 65.4 Å². The van der Waals surface area contributed by atoms with Crippen LogP contribution in [0.3, 0.4) is 0 Å². The van der Waals surface area contributed by atoms with Gasteiger partial charge in [-0.05, 0) is 36.4 Å². The van der Waals surface area contributed by atoms with E-state index in [0.29, 0.717) is 17.2 Å². The largest absolute Gasteiger partial charge is 0.493 e. The fourth-order valence-corrected chi connectivity index (χ4v) is 2.49. The van der Waals surface area contributed by atoms with Crippen molar-refractivity contribution in [3.05, 3.63) is 66.5 Å². The summed E-state index contributed by atoms with van der Waals surface area (Å²) in [6.45, 7) is -0.408. The Morgan fingerprint density at radius 3 is 2.54 bits per heavy atom. The molecule has 3 rings (SSSR count). The average molecular weight is 391 g/mol. The van der Waals surface area contributed by atoms with Crippen LogP contribution in [0.4, 0.5) is 18.9 Å². The first-order valence-corrected chi connectivity index (χ1v) is 8.15. The molecule has 0 saturated heterocycles. The molecule has 2 aromatic carbocycles. The van der Waals surface area contributed by atoms with Crippen molar-refractivity contribution in [3.8, 4) is 17.2 Å². The van der Waals surface area contributed by atoms with Gasteiger partial charge in [0.2, 0.25) is 0 Å². The average Bonchev–Trinajstić information content (AvgIpc) is 3.20. The fraction of sp³-hybridized carbons (Fsp3) is 0.158. The van der Waals surface area contributed by atoms with Gasteiger partial charge < -0.3 is 14.8 Å². The van der Waals surface area contributed by atoms with Crippen LogP contribution in [-0.2, 0) is 11.0 Å². The van der Waals surface area contributed by atoms with Gasteiger partial charge in [0.15, 0.2) is 18.1 Å². The van der Waals surface area contributed by atoms with E-state index in [-0.39, 0.29) is 5.69 Å². The van der Waals surface area contributed by atoms with Crippen molar-refractivity contribution in [2.24, 2.45) is 0 Å². The number of ether oxygens (including phenoxy) is 2. The van der Waals surface area contributed by atoms with Crippen molar-refractivity contribution in [2.45, 2.75) is 6.18 Å². The number of benzene rings is 2. The van der Waals surface area contributed by atoms with E-state index in [1.807, 2.05) is 0 Å². The molecule has 6 nitrogen and oxygen atoms in total. The Kier molecular flexibility index (Phi) is 5.53. The number of carbonyl (C=O) groups is 1. The van der Waals surface area contributed by atoms with Crippen LogP contribution >= 0.6 is 0 Å². The first kappa shape index (κ1) is 19.3. The molecule has 0 aliphatic carbocycles. The van der Waals surface area contributed by atoms with Crippen LogP contribution in [-0.4, -0.2) is 29.4 Å². The third-order valence-electron chi connectivity index (χ3n) is 3.78. The van der Waals surface area contributed by atoms with Crippen LogP contribution < -0.4 is 14.8 Å². The van der Waals surface area contributed by atoms with Crippen molar-refractivity contribution >= 4 is 11.6 Å². The normalized spacial score (nSPS) is 11.1. The van der Waals surface area contributed by atoms with Crippen LogP contribution in [0.1, 0.15) is 5.56 Å². The summed E-state index contributed by atoms with van der Waals surface area (Å²) in [5.74, 6) is 0.154. The number of hydrogen-bond donors (Lipinski definition) is 1. The Balaban J connectivity index is 1.80. The maximum absolute atomic E-state index is 13.1. The predicted octanol–water partition coefficient (Wildman–Crippen LogP) is 3.92. The molecule has 0 radical (unpaired) electrons. The first-order chi connectivity index (χ1) is 13.4. The highest BCUT2D eigenvalue weighted by molar-refractivity contribution is 5.94. The minimum atomic E-state index is -4.55. The number of amides is 1. The van der Waals surface area contributed by atoms with E-state index in [1.165, 1.54) is 24.1 Å². The molecule has 1 N–H and O–H groups in total. The molecule has 146 valence electrons. The lowest BCUT2D eigenvalue weighted by Crippen LogP contribution is -2.22. The van der Waals surface area contributed by atoms with Crippen LogP contribution in [0.2, 0.25) is 0 Å². The molecule has 3 aromatic rings. The Labute approximate surface area is 158 Å².